The van der Waals surface area contributed by atoms with Crippen LogP contribution in [0.2, 0.25) is 0 Å². The van der Waals surface area contributed by atoms with Crippen molar-refractivity contribution in [3.8, 4) is 0 Å². The fourth-order valence-corrected chi connectivity index (χ4v) is 3.17. The zero-order chi connectivity index (χ0) is 14.7. The first kappa shape index (κ1) is 14.5. The summed E-state index contributed by atoms with van der Waals surface area (Å²) in [4.78, 5) is 21.3. The van der Waals surface area contributed by atoms with E-state index in [1.54, 1.807) is 22.9 Å². The van der Waals surface area contributed by atoms with Crippen molar-refractivity contribution < 1.29 is 9.84 Å². The predicted octanol–water partition coefficient (Wildman–Crippen LogP) is 1.05. The third kappa shape index (κ3) is 3.09. The summed E-state index contributed by atoms with van der Waals surface area (Å²) >= 11 is 1.37. The summed E-state index contributed by atoms with van der Waals surface area (Å²) in [6, 6.07) is 3.48. The molecule has 112 valence electrons. The van der Waals surface area contributed by atoms with E-state index in [0.717, 1.165) is 19.4 Å². The summed E-state index contributed by atoms with van der Waals surface area (Å²) in [5, 5.41) is 10.1. The number of fused-ring (bicyclic) bond motifs is 1. The standard InChI is InChI=1S/C14H17N3O3S/c18-6-8-21-14-16-12-11(4-1-5-15-12)13(19)17(14)9-10-3-2-7-20-10/h1,4-5,10,18H,2-3,6-9H2. The van der Waals surface area contributed by atoms with Crippen LogP contribution in [0, 0.1) is 0 Å². The maximum atomic E-state index is 12.7. The molecular weight excluding hydrogens is 290 g/mol. The van der Waals surface area contributed by atoms with Gasteiger partial charge in [-0.1, -0.05) is 11.8 Å². The van der Waals surface area contributed by atoms with E-state index in [4.69, 9.17) is 9.84 Å². The first-order valence-electron chi connectivity index (χ1n) is 7.00. The molecule has 21 heavy (non-hydrogen) atoms. The maximum Gasteiger partial charge on any atom is 0.263 e. The summed E-state index contributed by atoms with van der Waals surface area (Å²) in [6.45, 7) is 1.30. The van der Waals surface area contributed by atoms with Crippen LogP contribution < -0.4 is 5.56 Å². The summed E-state index contributed by atoms with van der Waals surface area (Å²) in [6.07, 6.45) is 3.68. The highest BCUT2D eigenvalue weighted by molar-refractivity contribution is 7.99. The Morgan fingerprint density at radius 1 is 1.52 bits per heavy atom. The fourth-order valence-electron chi connectivity index (χ4n) is 2.44. The third-order valence-electron chi connectivity index (χ3n) is 3.43. The minimum absolute atomic E-state index is 0.0424. The van der Waals surface area contributed by atoms with Crippen LogP contribution in [0.1, 0.15) is 12.8 Å². The van der Waals surface area contributed by atoms with Crippen LogP contribution in [0.15, 0.2) is 28.3 Å². The number of rotatable bonds is 5. The van der Waals surface area contributed by atoms with Gasteiger partial charge in [-0.3, -0.25) is 9.36 Å². The number of nitrogens with zero attached hydrogens (tertiary/aromatic N) is 3. The summed E-state index contributed by atoms with van der Waals surface area (Å²) < 4.78 is 7.27. The van der Waals surface area contributed by atoms with Crippen molar-refractivity contribution in [1.82, 2.24) is 14.5 Å². The van der Waals surface area contributed by atoms with Crippen molar-refractivity contribution in [2.45, 2.75) is 30.6 Å². The fraction of sp³-hybridized carbons (Fsp3) is 0.500. The molecular formula is C14H17N3O3S. The number of thioether (sulfide) groups is 1. The van der Waals surface area contributed by atoms with E-state index in [-0.39, 0.29) is 18.3 Å². The Balaban J connectivity index is 2.04. The minimum Gasteiger partial charge on any atom is -0.396 e. The normalized spacial score (nSPS) is 18.4. The Bertz CT molecular complexity index is 683. The van der Waals surface area contributed by atoms with Crippen molar-refractivity contribution in [2.24, 2.45) is 0 Å². The molecule has 0 radical (unpaired) electrons. The van der Waals surface area contributed by atoms with E-state index in [2.05, 4.69) is 9.97 Å². The molecule has 2 aromatic rings. The van der Waals surface area contributed by atoms with Gasteiger partial charge in [0.2, 0.25) is 0 Å². The number of hydrogen-bond donors (Lipinski definition) is 1. The summed E-state index contributed by atoms with van der Waals surface area (Å²) in [5.41, 5.74) is 0.357. The lowest BCUT2D eigenvalue weighted by Crippen LogP contribution is -2.29. The van der Waals surface area contributed by atoms with Crippen molar-refractivity contribution in [2.75, 3.05) is 19.0 Å². The van der Waals surface area contributed by atoms with Crippen LogP contribution in [0.3, 0.4) is 0 Å². The first-order valence-corrected chi connectivity index (χ1v) is 7.99. The Hall–Kier alpha value is -1.44. The zero-order valence-corrected chi connectivity index (χ0v) is 12.4. The van der Waals surface area contributed by atoms with E-state index >= 15 is 0 Å². The lowest BCUT2D eigenvalue weighted by Gasteiger charge is -2.15. The molecule has 1 N–H and O–H groups in total. The molecule has 6 nitrogen and oxygen atoms in total. The predicted molar refractivity (Wildman–Crippen MR) is 80.6 cm³/mol. The quantitative estimate of drug-likeness (QED) is 0.657. The number of aliphatic hydroxyl groups excluding tert-OH is 1. The third-order valence-corrected chi connectivity index (χ3v) is 4.38. The smallest absolute Gasteiger partial charge is 0.263 e. The lowest BCUT2D eigenvalue weighted by molar-refractivity contribution is 0.0937. The van der Waals surface area contributed by atoms with Gasteiger partial charge in [0.05, 0.1) is 24.6 Å². The molecule has 1 unspecified atom stereocenters. The van der Waals surface area contributed by atoms with Gasteiger partial charge in [0, 0.05) is 18.6 Å². The highest BCUT2D eigenvalue weighted by atomic mass is 32.2. The molecule has 0 spiro atoms. The van der Waals surface area contributed by atoms with Crippen molar-refractivity contribution in [3.63, 3.8) is 0 Å². The Labute approximate surface area is 126 Å². The second kappa shape index (κ2) is 6.55. The highest BCUT2D eigenvalue weighted by Gasteiger charge is 2.20. The van der Waals surface area contributed by atoms with E-state index in [1.807, 2.05) is 0 Å². The Morgan fingerprint density at radius 2 is 2.43 bits per heavy atom. The summed E-state index contributed by atoms with van der Waals surface area (Å²) in [7, 11) is 0. The molecule has 3 rings (SSSR count). The number of aromatic nitrogens is 3. The molecule has 1 fully saturated rings. The topological polar surface area (TPSA) is 77.2 Å². The van der Waals surface area contributed by atoms with Gasteiger partial charge in [-0.2, -0.15) is 0 Å². The van der Waals surface area contributed by atoms with E-state index in [1.165, 1.54) is 11.8 Å². The highest BCUT2D eigenvalue weighted by Crippen LogP contribution is 2.19. The van der Waals surface area contributed by atoms with Crippen molar-refractivity contribution >= 4 is 22.8 Å². The Morgan fingerprint density at radius 3 is 3.19 bits per heavy atom. The SMILES string of the molecule is O=c1c2cccnc2nc(SCCO)n1CC1CCCO1. The second-order valence-corrected chi connectivity index (χ2v) is 5.95. The largest absolute Gasteiger partial charge is 0.396 e. The van der Waals surface area contributed by atoms with Crippen LogP contribution in [0.4, 0.5) is 0 Å². The molecule has 2 aromatic heterocycles. The van der Waals surface area contributed by atoms with E-state index in [9.17, 15) is 4.79 Å². The van der Waals surface area contributed by atoms with Gasteiger partial charge < -0.3 is 9.84 Å². The van der Waals surface area contributed by atoms with Crippen LogP contribution >= 0.6 is 11.8 Å². The van der Waals surface area contributed by atoms with Crippen LogP contribution in [0.5, 0.6) is 0 Å². The van der Waals surface area contributed by atoms with Crippen molar-refractivity contribution in [1.29, 1.82) is 0 Å². The molecule has 1 aliphatic heterocycles. The number of pyridine rings is 1. The summed E-state index contributed by atoms with van der Waals surface area (Å²) in [5.74, 6) is 0.496. The van der Waals surface area contributed by atoms with Crippen molar-refractivity contribution in [3.05, 3.63) is 28.7 Å². The zero-order valence-electron chi connectivity index (χ0n) is 11.6. The van der Waals surface area contributed by atoms with Gasteiger partial charge >= 0.3 is 0 Å². The van der Waals surface area contributed by atoms with Gasteiger partial charge in [0.15, 0.2) is 10.8 Å². The molecule has 0 aromatic carbocycles. The van der Waals surface area contributed by atoms with Gasteiger partial charge in [0.25, 0.3) is 5.56 Å². The Kier molecular flexibility index (Phi) is 4.52. The first-order chi connectivity index (χ1) is 10.3. The second-order valence-electron chi connectivity index (χ2n) is 4.89. The molecule has 1 saturated heterocycles. The van der Waals surface area contributed by atoms with Crippen LogP contribution in [-0.4, -0.2) is 44.7 Å². The molecule has 0 aliphatic carbocycles. The average Bonchev–Trinajstić information content (AvgIpc) is 3.01. The van der Waals surface area contributed by atoms with Crippen LogP contribution in [-0.2, 0) is 11.3 Å². The lowest BCUT2D eigenvalue weighted by atomic mass is 10.2. The molecule has 1 atom stereocenters. The van der Waals surface area contributed by atoms with E-state index < -0.39 is 0 Å². The number of ether oxygens (including phenoxy) is 1. The van der Waals surface area contributed by atoms with Gasteiger partial charge in [-0.15, -0.1) is 0 Å². The van der Waals surface area contributed by atoms with Crippen LogP contribution in [0.25, 0.3) is 11.0 Å². The molecule has 0 amide bonds. The van der Waals surface area contributed by atoms with Gasteiger partial charge in [-0.25, -0.2) is 9.97 Å². The maximum absolute atomic E-state index is 12.7. The number of aliphatic hydroxyl groups is 1. The minimum atomic E-state index is -0.0935. The molecule has 7 heteroatoms. The molecule has 1 aliphatic rings. The van der Waals surface area contributed by atoms with Gasteiger partial charge in [0.1, 0.15) is 0 Å². The average molecular weight is 307 g/mol. The monoisotopic (exact) mass is 307 g/mol. The van der Waals surface area contributed by atoms with E-state index in [0.29, 0.717) is 28.5 Å². The molecule has 3 heterocycles. The molecule has 0 saturated carbocycles. The number of hydrogen-bond acceptors (Lipinski definition) is 6. The molecule has 0 bridgehead atoms. The van der Waals surface area contributed by atoms with Gasteiger partial charge in [-0.05, 0) is 25.0 Å².